The first-order valence-corrected chi connectivity index (χ1v) is 8.49. The van der Waals surface area contributed by atoms with E-state index in [2.05, 4.69) is 10.2 Å². The molecule has 1 aromatic heterocycles. The van der Waals surface area contributed by atoms with E-state index in [9.17, 15) is 4.79 Å². The fourth-order valence-electron chi connectivity index (χ4n) is 2.66. The Morgan fingerprint density at radius 1 is 1.04 bits per heavy atom. The van der Waals surface area contributed by atoms with Gasteiger partial charge in [-0.25, -0.2) is 4.79 Å². The van der Waals surface area contributed by atoms with Crippen LogP contribution in [0.3, 0.4) is 0 Å². The molecule has 1 amide bonds. The highest BCUT2D eigenvalue weighted by molar-refractivity contribution is 5.72. The normalized spacial score (nSPS) is 14.8. The van der Waals surface area contributed by atoms with Crippen molar-refractivity contribution < 1.29 is 9.53 Å². The van der Waals surface area contributed by atoms with Crippen molar-refractivity contribution in [2.45, 2.75) is 32.8 Å². The van der Waals surface area contributed by atoms with Gasteiger partial charge in [0.15, 0.2) is 0 Å². The summed E-state index contributed by atoms with van der Waals surface area (Å²) in [5.41, 5.74) is 3.42. The second kappa shape index (κ2) is 7.05. The Balaban J connectivity index is 1.67. The van der Waals surface area contributed by atoms with Crippen LogP contribution in [0.4, 0.5) is 4.79 Å². The fraction of sp³-hybridized carbons (Fsp3) is 0.350. The van der Waals surface area contributed by atoms with Gasteiger partial charge in [-0.3, -0.25) is 0 Å². The van der Waals surface area contributed by atoms with E-state index in [1.54, 1.807) is 4.90 Å². The predicted molar refractivity (Wildman–Crippen MR) is 97.9 cm³/mol. The third-order valence-electron chi connectivity index (χ3n) is 3.92. The van der Waals surface area contributed by atoms with Gasteiger partial charge in [0, 0.05) is 18.7 Å². The fourth-order valence-corrected chi connectivity index (χ4v) is 2.66. The highest BCUT2D eigenvalue weighted by atomic mass is 16.6. The molecular weight excluding hydrogens is 314 g/mol. The highest BCUT2D eigenvalue weighted by Gasteiger charge is 2.24. The number of aromatic nitrogens is 2. The van der Waals surface area contributed by atoms with E-state index in [0.29, 0.717) is 13.1 Å². The average molecular weight is 337 g/mol. The topological polar surface area (TPSA) is 55.3 Å². The second-order valence-electron chi connectivity index (χ2n) is 7.08. The molecule has 0 spiro atoms. The Kier molecular flexibility index (Phi) is 4.83. The third-order valence-corrected chi connectivity index (χ3v) is 3.92. The van der Waals surface area contributed by atoms with Crippen LogP contribution in [0.15, 0.2) is 48.5 Å². The van der Waals surface area contributed by atoms with Crippen molar-refractivity contribution in [2.24, 2.45) is 0 Å². The molecule has 0 N–H and O–H groups in total. The van der Waals surface area contributed by atoms with E-state index in [1.807, 2.05) is 69.3 Å². The number of nitrogens with zero attached hydrogens (tertiary/aromatic N) is 3. The summed E-state index contributed by atoms with van der Waals surface area (Å²) in [7, 11) is 0. The van der Waals surface area contributed by atoms with Gasteiger partial charge < -0.3 is 9.64 Å². The smallest absolute Gasteiger partial charge is 0.410 e. The lowest BCUT2D eigenvalue weighted by Gasteiger charge is -2.29. The average Bonchev–Trinajstić information content (AvgIpc) is 2.61. The van der Waals surface area contributed by atoms with Crippen LogP contribution in [0, 0.1) is 0 Å². The molecule has 2 heterocycles. The maximum Gasteiger partial charge on any atom is 0.410 e. The Morgan fingerprint density at radius 3 is 2.28 bits per heavy atom. The van der Waals surface area contributed by atoms with Crippen molar-refractivity contribution in [3.05, 3.63) is 54.2 Å². The maximum atomic E-state index is 12.1. The number of hydrogen-bond donors (Lipinski definition) is 0. The van der Waals surface area contributed by atoms with Crippen LogP contribution in [0.25, 0.3) is 16.8 Å². The minimum absolute atomic E-state index is 0.270. The van der Waals surface area contributed by atoms with E-state index >= 15 is 0 Å². The van der Waals surface area contributed by atoms with Gasteiger partial charge in [0.25, 0.3) is 0 Å². The van der Waals surface area contributed by atoms with Crippen LogP contribution in [0.5, 0.6) is 0 Å². The lowest BCUT2D eigenvalue weighted by molar-refractivity contribution is 0.0270. The number of benzene rings is 1. The molecule has 0 aliphatic carbocycles. The molecule has 0 saturated heterocycles. The second-order valence-corrected chi connectivity index (χ2v) is 7.08. The molecule has 1 aliphatic heterocycles. The molecule has 0 radical (unpaired) electrons. The Labute approximate surface area is 148 Å². The predicted octanol–water partition coefficient (Wildman–Crippen LogP) is 4.17. The molecule has 25 heavy (non-hydrogen) atoms. The van der Waals surface area contributed by atoms with Crippen LogP contribution in [0.1, 0.15) is 32.9 Å². The first-order valence-electron chi connectivity index (χ1n) is 8.49. The van der Waals surface area contributed by atoms with E-state index in [0.717, 1.165) is 28.9 Å². The van der Waals surface area contributed by atoms with Gasteiger partial charge in [-0.2, -0.15) is 5.10 Å². The van der Waals surface area contributed by atoms with Gasteiger partial charge in [0.05, 0.1) is 11.4 Å². The number of rotatable bonds is 2. The number of hydrogen-bond acceptors (Lipinski definition) is 4. The van der Waals surface area contributed by atoms with Gasteiger partial charge in [0.2, 0.25) is 0 Å². The van der Waals surface area contributed by atoms with Gasteiger partial charge in [0.1, 0.15) is 5.60 Å². The monoisotopic (exact) mass is 337 g/mol. The highest BCUT2D eigenvalue weighted by Crippen LogP contribution is 2.23. The molecule has 0 bridgehead atoms. The molecule has 1 aliphatic rings. The Bertz CT molecular complexity index is 762. The summed E-state index contributed by atoms with van der Waals surface area (Å²) in [4.78, 5) is 13.8. The largest absolute Gasteiger partial charge is 0.444 e. The van der Waals surface area contributed by atoms with Crippen molar-refractivity contribution >= 4 is 11.7 Å². The molecule has 130 valence electrons. The summed E-state index contributed by atoms with van der Waals surface area (Å²) >= 11 is 0. The van der Waals surface area contributed by atoms with E-state index in [-0.39, 0.29) is 6.09 Å². The number of carbonyl (C=O) groups is 1. The van der Waals surface area contributed by atoms with Crippen LogP contribution in [0.2, 0.25) is 0 Å². The van der Waals surface area contributed by atoms with Crippen molar-refractivity contribution in [1.29, 1.82) is 0 Å². The van der Waals surface area contributed by atoms with Crippen LogP contribution in [-0.2, 0) is 4.74 Å². The molecule has 0 unspecified atom stereocenters. The molecule has 0 atom stereocenters. The molecular formula is C20H23N3O2. The van der Waals surface area contributed by atoms with Gasteiger partial charge >= 0.3 is 6.09 Å². The number of amides is 1. The van der Waals surface area contributed by atoms with Gasteiger partial charge in [-0.1, -0.05) is 36.4 Å². The summed E-state index contributed by atoms with van der Waals surface area (Å²) in [6.45, 7) is 6.79. The van der Waals surface area contributed by atoms with E-state index < -0.39 is 5.60 Å². The Hall–Kier alpha value is -2.69. The molecule has 0 saturated carbocycles. The quantitative estimate of drug-likeness (QED) is 0.825. The molecule has 2 aromatic rings. The van der Waals surface area contributed by atoms with E-state index in [1.165, 1.54) is 0 Å². The first-order chi connectivity index (χ1) is 11.9. The van der Waals surface area contributed by atoms with Crippen molar-refractivity contribution in [2.75, 3.05) is 13.1 Å². The van der Waals surface area contributed by atoms with Gasteiger partial charge in [-0.15, -0.1) is 5.10 Å². The van der Waals surface area contributed by atoms with Crippen molar-refractivity contribution in [3.63, 3.8) is 0 Å². The van der Waals surface area contributed by atoms with Gasteiger partial charge in [-0.05, 0) is 44.9 Å². The SMILES string of the molecule is CC(C)(C)OC(=O)N1CC=C(c2ccc(-c3ccccc3)nn2)CC1. The summed E-state index contributed by atoms with van der Waals surface area (Å²) in [6.07, 6.45) is 2.51. The third kappa shape index (κ3) is 4.44. The summed E-state index contributed by atoms with van der Waals surface area (Å²) in [5.74, 6) is 0. The standard InChI is InChI=1S/C20H23N3O2/c1-20(2,3)25-19(24)23-13-11-16(12-14-23)18-10-9-17(21-22-18)15-7-5-4-6-8-15/h4-11H,12-14H2,1-3H3. The lowest BCUT2D eigenvalue weighted by Crippen LogP contribution is -2.39. The van der Waals surface area contributed by atoms with Crippen molar-refractivity contribution in [1.82, 2.24) is 15.1 Å². The molecule has 5 nitrogen and oxygen atoms in total. The maximum absolute atomic E-state index is 12.1. The van der Waals surface area contributed by atoms with Crippen LogP contribution in [-0.4, -0.2) is 39.9 Å². The van der Waals surface area contributed by atoms with E-state index in [4.69, 9.17) is 4.74 Å². The first kappa shape index (κ1) is 17.1. The molecule has 1 aromatic carbocycles. The minimum atomic E-state index is -0.472. The Morgan fingerprint density at radius 2 is 1.72 bits per heavy atom. The zero-order chi connectivity index (χ0) is 17.9. The van der Waals surface area contributed by atoms with Crippen LogP contribution >= 0.6 is 0 Å². The lowest BCUT2D eigenvalue weighted by atomic mass is 10.0. The summed E-state index contributed by atoms with van der Waals surface area (Å²) in [5, 5.41) is 8.69. The number of ether oxygens (including phenoxy) is 1. The zero-order valence-electron chi connectivity index (χ0n) is 14.9. The van der Waals surface area contributed by atoms with Crippen LogP contribution < -0.4 is 0 Å². The summed E-state index contributed by atoms with van der Waals surface area (Å²) < 4.78 is 5.41. The molecule has 3 rings (SSSR count). The molecule has 0 fully saturated rings. The minimum Gasteiger partial charge on any atom is -0.444 e. The molecule has 5 heteroatoms. The number of carbonyl (C=O) groups excluding carboxylic acids is 1. The van der Waals surface area contributed by atoms with Crippen molar-refractivity contribution in [3.8, 4) is 11.3 Å². The zero-order valence-corrected chi connectivity index (χ0v) is 14.9. The summed E-state index contributed by atoms with van der Waals surface area (Å²) in [6, 6.07) is 14.0.